The van der Waals surface area contributed by atoms with Gasteiger partial charge in [-0.15, -0.1) is 0 Å². The van der Waals surface area contributed by atoms with E-state index in [1.807, 2.05) is 62.5 Å². The Hall–Kier alpha value is -2.49. The van der Waals surface area contributed by atoms with Gasteiger partial charge in [-0.2, -0.15) is 0 Å². The lowest BCUT2D eigenvalue weighted by Crippen LogP contribution is -2.27. The fourth-order valence-electron chi connectivity index (χ4n) is 1.81. The zero-order valence-corrected chi connectivity index (χ0v) is 11.0. The molecule has 1 aromatic carbocycles. The Morgan fingerprint density at radius 1 is 1.32 bits per heavy atom. The number of fused-ring (bicyclic) bond motifs is 1. The fourth-order valence-corrected chi connectivity index (χ4v) is 1.81. The van der Waals surface area contributed by atoms with Crippen LogP contribution in [-0.4, -0.2) is 11.0 Å². The third kappa shape index (κ3) is 3.25. The molecule has 0 fully saturated rings. The molecule has 2 aromatic rings. The number of carbonyl (C=O) groups is 1. The van der Waals surface area contributed by atoms with Gasteiger partial charge >= 0.3 is 6.03 Å². The lowest BCUT2D eigenvalue weighted by molar-refractivity contribution is 0.254. The predicted octanol–water partition coefficient (Wildman–Crippen LogP) is 3.77. The SMILES string of the molecule is C/C=C\C=C(/C)NC(=O)Nc1cccc2[nH]ccc12. The molecule has 0 saturated heterocycles. The summed E-state index contributed by atoms with van der Waals surface area (Å²) >= 11 is 0. The molecule has 0 aliphatic carbocycles. The van der Waals surface area contributed by atoms with Crippen molar-refractivity contribution >= 4 is 22.6 Å². The maximum absolute atomic E-state index is 11.9. The van der Waals surface area contributed by atoms with Crippen LogP contribution in [0.2, 0.25) is 0 Å². The molecule has 0 unspecified atom stereocenters. The number of aromatic amines is 1. The summed E-state index contributed by atoms with van der Waals surface area (Å²) in [5, 5.41) is 6.61. The van der Waals surface area contributed by atoms with Crippen LogP contribution in [0.25, 0.3) is 10.9 Å². The highest BCUT2D eigenvalue weighted by molar-refractivity contribution is 6.01. The number of allylic oxidation sites excluding steroid dienone is 4. The Morgan fingerprint density at radius 3 is 2.95 bits per heavy atom. The van der Waals surface area contributed by atoms with Gasteiger partial charge in [-0.3, -0.25) is 0 Å². The van der Waals surface area contributed by atoms with Crippen molar-refractivity contribution in [2.24, 2.45) is 0 Å². The van der Waals surface area contributed by atoms with Crippen LogP contribution in [0.4, 0.5) is 10.5 Å². The van der Waals surface area contributed by atoms with Crippen molar-refractivity contribution in [1.82, 2.24) is 10.3 Å². The summed E-state index contributed by atoms with van der Waals surface area (Å²) < 4.78 is 0. The Labute approximate surface area is 112 Å². The molecule has 19 heavy (non-hydrogen) atoms. The second-order valence-corrected chi connectivity index (χ2v) is 4.20. The zero-order chi connectivity index (χ0) is 13.7. The van der Waals surface area contributed by atoms with Crippen LogP contribution in [0.1, 0.15) is 13.8 Å². The number of carbonyl (C=O) groups excluding carboxylic acids is 1. The number of H-pyrrole nitrogens is 1. The van der Waals surface area contributed by atoms with E-state index in [2.05, 4.69) is 15.6 Å². The van der Waals surface area contributed by atoms with E-state index in [0.717, 1.165) is 22.3 Å². The average Bonchev–Trinajstić information content (AvgIpc) is 2.85. The molecule has 2 amide bonds. The van der Waals surface area contributed by atoms with Gasteiger partial charge in [-0.25, -0.2) is 4.79 Å². The molecule has 0 bridgehead atoms. The molecule has 0 radical (unpaired) electrons. The molecular formula is C15H17N3O. The van der Waals surface area contributed by atoms with Crippen LogP contribution in [-0.2, 0) is 0 Å². The average molecular weight is 255 g/mol. The first kappa shape index (κ1) is 13.0. The largest absolute Gasteiger partial charge is 0.361 e. The van der Waals surface area contributed by atoms with Gasteiger partial charge in [-0.1, -0.05) is 18.2 Å². The molecule has 0 saturated carbocycles. The summed E-state index contributed by atoms with van der Waals surface area (Å²) in [7, 11) is 0. The molecule has 0 atom stereocenters. The van der Waals surface area contributed by atoms with Crippen LogP contribution in [0.3, 0.4) is 0 Å². The second-order valence-electron chi connectivity index (χ2n) is 4.20. The third-order valence-corrected chi connectivity index (χ3v) is 2.69. The third-order valence-electron chi connectivity index (χ3n) is 2.69. The van der Waals surface area contributed by atoms with E-state index < -0.39 is 0 Å². The van der Waals surface area contributed by atoms with Gasteiger partial charge in [0.2, 0.25) is 0 Å². The number of rotatable bonds is 3. The molecule has 3 N–H and O–H groups in total. The molecule has 2 rings (SSSR count). The number of benzene rings is 1. The number of hydrogen-bond acceptors (Lipinski definition) is 1. The number of amides is 2. The highest BCUT2D eigenvalue weighted by Crippen LogP contribution is 2.21. The molecule has 0 aliphatic heterocycles. The summed E-state index contributed by atoms with van der Waals surface area (Å²) in [5.41, 5.74) is 2.57. The summed E-state index contributed by atoms with van der Waals surface area (Å²) in [5.74, 6) is 0. The topological polar surface area (TPSA) is 56.9 Å². The van der Waals surface area contributed by atoms with E-state index in [4.69, 9.17) is 0 Å². The summed E-state index contributed by atoms with van der Waals surface area (Å²) in [6.07, 6.45) is 7.48. The predicted molar refractivity (Wildman–Crippen MR) is 79.0 cm³/mol. The van der Waals surface area contributed by atoms with E-state index in [1.54, 1.807) is 0 Å². The summed E-state index contributed by atoms with van der Waals surface area (Å²) in [6, 6.07) is 7.44. The molecule has 98 valence electrons. The summed E-state index contributed by atoms with van der Waals surface area (Å²) in [6.45, 7) is 3.77. The van der Waals surface area contributed by atoms with Crippen molar-refractivity contribution in [3.63, 3.8) is 0 Å². The maximum atomic E-state index is 11.9. The number of aromatic nitrogens is 1. The van der Waals surface area contributed by atoms with E-state index in [-0.39, 0.29) is 6.03 Å². The first-order valence-electron chi connectivity index (χ1n) is 6.14. The van der Waals surface area contributed by atoms with Gasteiger partial charge < -0.3 is 15.6 Å². The Morgan fingerprint density at radius 2 is 2.16 bits per heavy atom. The fraction of sp³-hybridized carbons (Fsp3) is 0.133. The molecule has 0 spiro atoms. The molecule has 4 heteroatoms. The van der Waals surface area contributed by atoms with Gasteiger partial charge in [-0.05, 0) is 38.1 Å². The summed E-state index contributed by atoms with van der Waals surface area (Å²) in [4.78, 5) is 15.0. The van der Waals surface area contributed by atoms with Gasteiger partial charge in [0.25, 0.3) is 0 Å². The zero-order valence-electron chi connectivity index (χ0n) is 11.0. The molecule has 1 heterocycles. The van der Waals surface area contributed by atoms with Gasteiger partial charge in [0.05, 0.1) is 5.69 Å². The van der Waals surface area contributed by atoms with Gasteiger partial charge in [0.15, 0.2) is 0 Å². The number of anilines is 1. The molecule has 4 nitrogen and oxygen atoms in total. The van der Waals surface area contributed by atoms with E-state index in [0.29, 0.717) is 0 Å². The van der Waals surface area contributed by atoms with Crippen LogP contribution in [0.5, 0.6) is 0 Å². The number of hydrogen-bond donors (Lipinski definition) is 3. The minimum atomic E-state index is -0.244. The quantitative estimate of drug-likeness (QED) is 0.718. The van der Waals surface area contributed by atoms with Gasteiger partial charge in [0.1, 0.15) is 0 Å². The van der Waals surface area contributed by atoms with Crippen molar-refractivity contribution in [2.75, 3.05) is 5.32 Å². The minimum absolute atomic E-state index is 0.244. The van der Waals surface area contributed by atoms with Crippen LogP contribution in [0.15, 0.2) is 54.4 Å². The van der Waals surface area contributed by atoms with Crippen molar-refractivity contribution in [3.05, 3.63) is 54.4 Å². The first-order valence-corrected chi connectivity index (χ1v) is 6.14. The number of urea groups is 1. The van der Waals surface area contributed by atoms with Crippen LogP contribution >= 0.6 is 0 Å². The lowest BCUT2D eigenvalue weighted by Gasteiger charge is -2.08. The smallest absolute Gasteiger partial charge is 0.323 e. The van der Waals surface area contributed by atoms with E-state index in [1.165, 1.54) is 0 Å². The van der Waals surface area contributed by atoms with Crippen molar-refractivity contribution in [1.29, 1.82) is 0 Å². The number of nitrogens with one attached hydrogen (secondary N) is 3. The first-order chi connectivity index (χ1) is 9.20. The molecule has 0 aliphatic rings. The van der Waals surface area contributed by atoms with E-state index >= 15 is 0 Å². The van der Waals surface area contributed by atoms with Gasteiger partial charge in [0, 0.05) is 22.8 Å². The standard InChI is InChI=1S/C15H17N3O/c1-3-4-6-11(2)17-15(19)18-14-8-5-7-13-12(14)9-10-16-13/h3-10,16H,1-2H3,(H2,17,18,19)/b4-3-,11-6+. The Balaban J connectivity index is 2.09. The lowest BCUT2D eigenvalue weighted by atomic mass is 10.2. The normalized spacial score (nSPS) is 12.0. The minimum Gasteiger partial charge on any atom is -0.361 e. The highest BCUT2D eigenvalue weighted by Gasteiger charge is 2.05. The molecule has 1 aromatic heterocycles. The highest BCUT2D eigenvalue weighted by atomic mass is 16.2. The molecular weight excluding hydrogens is 238 g/mol. The second kappa shape index (κ2) is 5.91. The Bertz CT molecular complexity index is 638. The van der Waals surface area contributed by atoms with Crippen molar-refractivity contribution in [2.45, 2.75) is 13.8 Å². The van der Waals surface area contributed by atoms with Crippen molar-refractivity contribution < 1.29 is 4.79 Å². The van der Waals surface area contributed by atoms with Crippen LogP contribution < -0.4 is 10.6 Å². The van der Waals surface area contributed by atoms with E-state index in [9.17, 15) is 4.79 Å². The van der Waals surface area contributed by atoms with Crippen LogP contribution in [0, 0.1) is 0 Å². The van der Waals surface area contributed by atoms with Crippen molar-refractivity contribution in [3.8, 4) is 0 Å². The monoisotopic (exact) mass is 255 g/mol. The maximum Gasteiger partial charge on any atom is 0.323 e. The Kier molecular flexibility index (Phi) is 4.03.